The summed E-state index contributed by atoms with van der Waals surface area (Å²) in [5.74, 6) is 3.86. The standard InChI is InChI=1S/C21H31N3OS/c22-20-16-4-2-5-17(20)13-18(12-16)21(25)23-19-6-1-3-15(11-19)14-24-7-9-26-10-8-24/h1,3,6,11,16-18,20H,2,4-5,7-10,12-14,22H2,(H,23,25). The van der Waals surface area contributed by atoms with Crippen molar-refractivity contribution in [1.29, 1.82) is 0 Å². The lowest BCUT2D eigenvalue weighted by atomic mass is 9.65. The fourth-order valence-corrected chi connectivity index (χ4v) is 5.99. The van der Waals surface area contributed by atoms with E-state index in [2.05, 4.69) is 28.4 Å². The van der Waals surface area contributed by atoms with Crippen LogP contribution in [0.2, 0.25) is 0 Å². The summed E-state index contributed by atoms with van der Waals surface area (Å²) < 4.78 is 0. The topological polar surface area (TPSA) is 58.4 Å². The Labute approximate surface area is 161 Å². The van der Waals surface area contributed by atoms with Crippen LogP contribution in [0.3, 0.4) is 0 Å². The molecule has 1 heterocycles. The van der Waals surface area contributed by atoms with Crippen molar-refractivity contribution in [2.45, 2.75) is 44.7 Å². The number of nitrogens with zero attached hydrogens (tertiary/aromatic N) is 1. The van der Waals surface area contributed by atoms with Gasteiger partial charge in [0.25, 0.3) is 0 Å². The largest absolute Gasteiger partial charge is 0.327 e. The van der Waals surface area contributed by atoms with Crippen molar-refractivity contribution in [2.75, 3.05) is 29.9 Å². The average Bonchev–Trinajstić information content (AvgIpc) is 2.62. The number of nitrogens with two attached hydrogens (primary N) is 1. The first-order valence-electron chi connectivity index (χ1n) is 10.1. The molecule has 2 saturated carbocycles. The van der Waals surface area contributed by atoms with Crippen LogP contribution in [0, 0.1) is 17.8 Å². The Balaban J connectivity index is 1.36. The van der Waals surface area contributed by atoms with Crippen LogP contribution in [-0.2, 0) is 11.3 Å². The van der Waals surface area contributed by atoms with Crippen LogP contribution >= 0.6 is 11.8 Å². The second-order valence-corrected chi connectivity index (χ2v) is 9.50. The lowest BCUT2D eigenvalue weighted by molar-refractivity contribution is -0.122. The monoisotopic (exact) mass is 373 g/mol. The zero-order valence-electron chi connectivity index (χ0n) is 15.5. The summed E-state index contributed by atoms with van der Waals surface area (Å²) in [5, 5.41) is 3.19. The van der Waals surface area contributed by atoms with E-state index in [0.717, 1.165) is 38.2 Å². The predicted octanol–water partition coefficient (Wildman–Crippen LogP) is 3.33. The van der Waals surface area contributed by atoms with Gasteiger partial charge in [-0.15, -0.1) is 0 Å². The summed E-state index contributed by atoms with van der Waals surface area (Å²) in [6.45, 7) is 3.30. The van der Waals surface area contributed by atoms with Crippen LogP contribution in [0.5, 0.6) is 0 Å². The number of thioether (sulfide) groups is 1. The van der Waals surface area contributed by atoms with Gasteiger partial charge < -0.3 is 11.1 Å². The maximum Gasteiger partial charge on any atom is 0.227 e. The molecule has 0 radical (unpaired) electrons. The van der Waals surface area contributed by atoms with E-state index in [1.54, 1.807) is 0 Å². The molecule has 3 N–H and O–H groups in total. The Kier molecular flexibility index (Phi) is 5.87. The number of carbonyl (C=O) groups excluding carboxylic acids is 1. The Morgan fingerprint density at radius 1 is 1.19 bits per heavy atom. The van der Waals surface area contributed by atoms with Gasteiger partial charge in [0.2, 0.25) is 5.91 Å². The molecule has 0 spiro atoms. The summed E-state index contributed by atoms with van der Waals surface area (Å²) in [4.78, 5) is 15.3. The molecular formula is C21H31N3OS. The maximum absolute atomic E-state index is 12.8. The van der Waals surface area contributed by atoms with Crippen molar-refractivity contribution in [3.8, 4) is 0 Å². The van der Waals surface area contributed by atoms with Crippen molar-refractivity contribution in [3.05, 3.63) is 29.8 Å². The number of fused-ring (bicyclic) bond motifs is 2. The fourth-order valence-electron chi connectivity index (χ4n) is 5.01. The lowest BCUT2D eigenvalue weighted by Crippen LogP contribution is -2.48. The molecule has 2 unspecified atom stereocenters. The quantitative estimate of drug-likeness (QED) is 0.850. The van der Waals surface area contributed by atoms with Crippen LogP contribution in [0.4, 0.5) is 5.69 Å². The smallest absolute Gasteiger partial charge is 0.227 e. The van der Waals surface area contributed by atoms with Crippen LogP contribution in [0.15, 0.2) is 24.3 Å². The molecule has 1 amide bonds. The van der Waals surface area contributed by atoms with E-state index >= 15 is 0 Å². The van der Waals surface area contributed by atoms with E-state index in [-0.39, 0.29) is 11.8 Å². The molecule has 2 bridgehead atoms. The summed E-state index contributed by atoms with van der Waals surface area (Å²) >= 11 is 2.04. The third-order valence-electron chi connectivity index (χ3n) is 6.49. The average molecular weight is 374 g/mol. The first-order chi connectivity index (χ1) is 12.7. The van der Waals surface area contributed by atoms with Gasteiger partial charge in [-0.05, 0) is 55.2 Å². The Morgan fingerprint density at radius 3 is 2.65 bits per heavy atom. The molecule has 4 rings (SSSR count). The predicted molar refractivity (Wildman–Crippen MR) is 109 cm³/mol. The Hall–Kier alpha value is -1.04. The van der Waals surface area contributed by atoms with Gasteiger partial charge in [-0.1, -0.05) is 18.6 Å². The number of hydrogen-bond acceptors (Lipinski definition) is 4. The van der Waals surface area contributed by atoms with Crippen molar-refractivity contribution < 1.29 is 4.79 Å². The highest BCUT2D eigenvalue weighted by Crippen LogP contribution is 2.42. The molecule has 2 atom stereocenters. The number of carbonyl (C=O) groups is 1. The molecule has 26 heavy (non-hydrogen) atoms. The van der Waals surface area contributed by atoms with Crippen molar-refractivity contribution in [2.24, 2.45) is 23.5 Å². The van der Waals surface area contributed by atoms with Crippen LogP contribution in [-0.4, -0.2) is 41.4 Å². The van der Waals surface area contributed by atoms with E-state index in [9.17, 15) is 4.79 Å². The molecule has 1 aromatic rings. The summed E-state index contributed by atoms with van der Waals surface area (Å²) in [6, 6.07) is 8.72. The first kappa shape index (κ1) is 18.3. The Morgan fingerprint density at radius 2 is 1.92 bits per heavy atom. The van der Waals surface area contributed by atoms with Gasteiger partial charge in [0.15, 0.2) is 0 Å². The van der Waals surface area contributed by atoms with Gasteiger partial charge in [0.05, 0.1) is 0 Å². The molecule has 1 saturated heterocycles. The number of nitrogens with one attached hydrogen (secondary N) is 1. The van der Waals surface area contributed by atoms with Crippen LogP contribution in [0.1, 0.15) is 37.7 Å². The fraction of sp³-hybridized carbons (Fsp3) is 0.667. The normalized spacial score (nSPS) is 32.2. The van der Waals surface area contributed by atoms with E-state index in [1.807, 2.05) is 17.8 Å². The minimum Gasteiger partial charge on any atom is -0.327 e. The Bertz CT molecular complexity index is 617. The van der Waals surface area contributed by atoms with E-state index in [1.165, 1.54) is 36.3 Å². The van der Waals surface area contributed by atoms with E-state index < -0.39 is 0 Å². The highest BCUT2D eigenvalue weighted by Gasteiger charge is 2.40. The van der Waals surface area contributed by atoms with Gasteiger partial charge >= 0.3 is 0 Å². The van der Waals surface area contributed by atoms with E-state index in [4.69, 9.17) is 5.73 Å². The van der Waals surface area contributed by atoms with Crippen LogP contribution in [0.25, 0.3) is 0 Å². The highest BCUT2D eigenvalue weighted by atomic mass is 32.2. The first-order valence-corrected chi connectivity index (χ1v) is 11.3. The molecule has 1 aliphatic heterocycles. The maximum atomic E-state index is 12.8. The summed E-state index contributed by atoms with van der Waals surface area (Å²) in [7, 11) is 0. The number of rotatable bonds is 4. The van der Waals surface area contributed by atoms with Crippen molar-refractivity contribution >= 4 is 23.4 Å². The third kappa shape index (κ3) is 4.26. The SMILES string of the molecule is NC1C2CCCC1CC(C(=O)Nc1cccc(CN3CCSCC3)c1)C2. The van der Waals surface area contributed by atoms with E-state index in [0.29, 0.717) is 17.9 Å². The number of amides is 1. The van der Waals surface area contributed by atoms with Gasteiger partial charge in [-0.25, -0.2) is 0 Å². The molecule has 1 aromatic carbocycles. The molecule has 3 fully saturated rings. The molecule has 2 aliphatic carbocycles. The number of benzene rings is 1. The zero-order valence-corrected chi connectivity index (χ0v) is 16.3. The molecule has 3 aliphatic rings. The second-order valence-electron chi connectivity index (χ2n) is 8.27. The number of hydrogen-bond donors (Lipinski definition) is 2. The van der Waals surface area contributed by atoms with Crippen molar-refractivity contribution in [1.82, 2.24) is 4.90 Å². The van der Waals surface area contributed by atoms with Gasteiger partial charge in [-0.3, -0.25) is 9.69 Å². The lowest BCUT2D eigenvalue weighted by Gasteiger charge is -2.43. The van der Waals surface area contributed by atoms with Gasteiger partial charge in [0, 0.05) is 48.8 Å². The summed E-state index contributed by atoms with van der Waals surface area (Å²) in [5.41, 5.74) is 8.60. The van der Waals surface area contributed by atoms with Crippen LogP contribution < -0.4 is 11.1 Å². The molecule has 4 nitrogen and oxygen atoms in total. The zero-order chi connectivity index (χ0) is 17.9. The minimum absolute atomic E-state index is 0.132. The number of anilines is 1. The molecule has 142 valence electrons. The third-order valence-corrected chi connectivity index (χ3v) is 7.43. The van der Waals surface area contributed by atoms with Gasteiger partial charge in [0.1, 0.15) is 0 Å². The summed E-state index contributed by atoms with van der Waals surface area (Å²) in [6.07, 6.45) is 5.62. The van der Waals surface area contributed by atoms with Gasteiger partial charge in [-0.2, -0.15) is 11.8 Å². The molecule has 0 aromatic heterocycles. The second kappa shape index (κ2) is 8.32. The molecule has 5 heteroatoms. The van der Waals surface area contributed by atoms with Crippen molar-refractivity contribution in [3.63, 3.8) is 0 Å². The molecular weight excluding hydrogens is 342 g/mol. The minimum atomic E-state index is 0.132. The highest BCUT2D eigenvalue weighted by molar-refractivity contribution is 7.99.